The molecule has 4 aliphatic rings. The molecule has 0 aliphatic carbocycles. The number of amides is 5. The number of benzene rings is 1. The molecule has 1 aromatic rings. The van der Waals surface area contributed by atoms with E-state index in [9.17, 15) is 38.7 Å². The number of ether oxygens (including phenoxy) is 5. The average Bonchev–Trinajstić information content (AvgIpc) is 3.87. The number of carbonyl (C=O) groups excluding carboxylic acids is 7. The van der Waals surface area contributed by atoms with Crippen molar-refractivity contribution in [3.8, 4) is 5.75 Å². The predicted octanol–water partition coefficient (Wildman–Crippen LogP) is 5.45. The first-order chi connectivity index (χ1) is 30.9. The zero-order valence-electron chi connectivity index (χ0n) is 39.0. The summed E-state index contributed by atoms with van der Waals surface area (Å²) in [7, 11) is 8.78. The molecule has 4 aliphatic heterocycles. The van der Waals surface area contributed by atoms with Crippen molar-refractivity contribution in [2.45, 2.75) is 139 Å². The van der Waals surface area contributed by atoms with Crippen molar-refractivity contribution in [1.29, 1.82) is 0 Å². The molecule has 3 fully saturated rings. The monoisotopic (exact) mass is 980 g/mol. The highest BCUT2D eigenvalue weighted by molar-refractivity contribution is 8.77. The molecule has 2 N–H and O–H groups in total. The fourth-order valence-corrected chi connectivity index (χ4v) is 10.8. The standard InChI is InChI=1S/C45H61ClN4O14S2/c1-25-12-11-13-32(60-10)45(58)24-31(61-42(57)47-45)26(2)40-44(6,63-40)33(23-37(54)49(8)29-21-28(20-25)22-30(59-9)39(29)46)62-41(56)27(3)48(7)34(51)16-18-43(4,5)66-65-19-17-38(55)64-50-35(52)14-15-36(50)53/h11-13,21-22,26-27,31-33,40,58H,14-20,23-24H2,1-10H3,(H,47,57). The number of epoxide rings is 1. The Labute approximate surface area is 398 Å². The first kappa shape index (κ1) is 52.6. The number of nitrogens with one attached hydrogen (secondary N) is 1. The summed E-state index contributed by atoms with van der Waals surface area (Å²) in [5.74, 6) is -3.29. The van der Waals surface area contributed by atoms with Gasteiger partial charge in [0, 0.05) is 63.3 Å². The molecular weight excluding hydrogens is 920 g/mol. The number of imide groups is 1. The smallest absolute Gasteiger partial charge is 0.409 e. The SMILES string of the molecule is COc1cc2cc(c1Cl)N(C)C(=O)CC(OC(=O)C(C)N(C)C(=O)CCC(C)(C)SSCCC(=O)ON1C(=O)CCC1=O)C1(C)OC1C(C)C1CC(O)(NC(=O)O1)C(OC)C=CC=C(C)C2. The molecule has 0 spiro atoms. The van der Waals surface area contributed by atoms with E-state index in [2.05, 4.69) is 5.32 Å². The number of aliphatic hydroxyl groups is 1. The zero-order chi connectivity index (χ0) is 48.9. The normalized spacial score (nSPS) is 27.6. The number of esters is 1. The van der Waals surface area contributed by atoms with Crippen molar-refractivity contribution in [1.82, 2.24) is 15.3 Å². The highest BCUT2D eigenvalue weighted by atomic mass is 35.5. The molecule has 66 heavy (non-hydrogen) atoms. The van der Waals surface area contributed by atoms with Crippen molar-refractivity contribution in [2.75, 3.05) is 39.0 Å². The molecule has 4 bridgehead atoms. The van der Waals surface area contributed by atoms with Crippen LogP contribution in [0.2, 0.25) is 5.02 Å². The molecular formula is C45H61ClN4O14S2. The number of methoxy groups -OCH3 is 2. The van der Waals surface area contributed by atoms with E-state index < -0.39 is 88.2 Å². The second-order valence-electron chi connectivity index (χ2n) is 17.9. The Hall–Kier alpha value is -4.34. The lowest BCUT2D eigenvalue weighted by Gasteiger charge is -2.42. The van der Waals surface area contributed by atoms with E-state index in [1.807, 2.05) is 26.8 Å². The maximum absolute atomic E-state index is 14.3. The van der Waals surface area contributed by atoms with Gasteiger partial charge in [-0.25, -0.2) is 14.4 Å². The summed E-state index contributed by atoms with van der Waals surface area (Å²) in [6, 6.07) is 2.46. The molecule has 364 valence electrons. The number of anilines is 1. The highest BCUT2D eigenvalue weighted by Gasteiger charge is 2.64. The van der Waals surface area contributed by atoms with Crippen LogP contribution in [0, 0.1) is 5.92 Å². The number of likely N-dealkylation sites (N-methyl/N-ethyl adjacent to an activating group) is 1. The number of hydroxylamine groups is 2. The van der Waals surface area contributed by atoms with Crippen LogP contribution >= 0.6 is 33.2 Å². The Bertz CT molecular complexity index is 2110. The van der Waals surface area contributed by atoms with Crippen molar-refractivity contribution in [3.63, 3.8) is 0 Å². The van der Waals surface area contributed by atoms with E-state index in [1.54, 1.807) is 45.2 Å². The Morgan fingerprint density at radius 3 is 2.44 bits per heavy atom. The summed E-state index contributed by atoms with van der Waals surface area (Å²) < 4.78 is 29.0. The quantitative estimate of drug-likeness (QED) is 0.0778. The number of halogens is 1. The van der Waals surface area contributed by atoms with Crippen molar-refractivity contribution in [2.24, 2.45) is 5.92 Å². The van der Waals surface area contributed by atoms with Crippen LogP contribution in [0.25, 0.3) is 0 Å². The van der Waals surface area contributed by atoms with Crippen LogP contribution in [0.4, 0.5) is 10.5 Å². The Balaban J connectivity index is 1.31. The fraction of sp³-hybridized carbons (Fsp3) is 0.622. The number of allylic oxidation sites excluding steroid dienone is 3. The van der Waals surface area contributed by atoms with Gasteiger partial charge in [-0.1, -0.05) is 63.9 Å². The number of fused-ring (bicyclic) bond motifs is 5. The van der Waals surface area contributed by atoms with E-state index in [1.165, 1.54) is 59.6 Å². The minimum absolute atomic E-state index is 0.00912. The number of rotatable bonds is 14. The van der Waals surface area contributed by atoms with E-state index in [0.717, 1.165) is 11.1 Å². The van der Waals surface area contributed by atoms with Gasteiger partial charge in [0.05, 0.1) is 31.7 Å². The third-order valence-corrected chi connectivity index (χ3v) is 16.1. The maximum atomic E-state index is 14.3. The lowest BCUT2D eigenvalue weighted by Crippen LogP contribution is -2.63. The lowest BCUT2D eigenvalue weighted by molar-refractivity contribution is -0.197. The molecule has 1 aromatic carbocycles. The van der Waals surface area contributed by atoms with Crippen LogP contribution in [0.5, 0.6) is 5.75 Å². The Kier molecular flexibility index (Phi) is 17.3. The Morgan fingerprint density at radius 1 is 1.11 bits per heavy atom. The third-order valence-electron chi connectivity index (χ3n) is 12.3. The molecule has 0 saturated carbocycles. The van der Waals surface area contributed by atoms with E-state index in [4.69, 9.17) is 40.1 Å². The van der Waals surface area contributed by atoms with Crippen LogP contribution < -0.4 is 15.0 Å². The molecule has 0 aromatic heterocycles. The first-order valence-corrected chi connectivity index (χ1v) is 24.3. The van der Waals surface area contributed by atoms with Gasteiger partial charge >= 0.3 is 18.0 Å². The van der Waals surface area contributed by atoms with Crippen LogP contribution in [0.3, 0.4) is 0 Å². The van der Waals surface area contributed by atoms with Crippen molar-refractivity contribution in [3.05, 3.63) is 46.5 Å². The number of hydrogen-bond acceptors (Lipinski definition) is 16. The summed E-state index contributed by atoms with van der Waals surface area (Å²) >= 11 is 6.80. The molecule has 4 heterocycles. The number of hydrogen-bond donors (Lipinski definition) is 2. The van der Waals surface area contributed by atoms with Crippen LogP contribution in [-0.4, -0.2) is 137 Å². The molecule has 5 rings (SSSR count). The zero-order valence-corrected chi connectivity index (χ0v) is 41.4. The topological polar surface area (TPSA) is 220 Å². The molecule has 0 radical (unpaired) electrons. The summed E-state index contributed by atoms with van der Waals surface area (Å²) in [6.07, 6.45) is 0.994. The number of carbonyl (C=O) groups is 7. The average molecular weight is 982 g/mol. The second kappa shape index (κ2) is 21.7. The van der Waals surface area contributed by atoms with Gasteiger partial charge in [-0.05, 0) is 65.2 Å². The van der Waals surface area contributed by atoms with Gasteiger partial charge in [-0.15, -0.1) is 5.06 Å². The van der Waals surface area contributed by atoms with Crippen LogP contribution in [0.1, 0.15) is 92.1 Å². The second-order valence-corrected chi connectivity index (χ2v) is 21.4. The Morgan fingerprint density at radius 2 is 1.79 bits per heavy atom. The lowest BCUT2D eigenvalue weighted by atomic mass is 9.83. The van der Waals surface area contributed by atoms with Gasteiger partial charge in [0.2, 0.25) is 11.8 Å². The van der Waals surface area contributed by atoms with Crippen molar-refractivity contribution < 1.29 is 67.2 Å². The summed E-state index contributed by atoms with van der Waals surface area (Å²) in [6.45, 7) is 10.8. The molecule has 3 saturated heterocycles. The van der Waals surface area contributed by atoms with Gasteiger partial charge in [0.25, 0.3) is 11.8 Å². The van der Waals surface area contributed by atoms with Crippen LogP contribution in [-0.2, 0) is 59.0 Å². The van der Waals surface area contributed by atoms with Gasteiger partial charge in [-0.3, -0.25) is 24.5 Å². The summed E-state index contributed by atoms with van der Waals surface area (Å²) in [5, 5.41) is 15.0. The molecule has 5 amide bonds. The molecule has 8 atom stereocenters. The highest BCUT2D eigenvalue weighted by Crippen LogP contribution is 2.49. The number of nitrogens with zero attached hydrogens (tertiary/aromatic N) is 3. The summed E-state index contributed by atoms with van der Waals surface area (Å²) in [4.78, 5) is 98.1. The third kappa shape index (κ3) is 12.6. The molecule has 21 heteroatoms. The summed E-state index contributed by atoms with van der Waals surface area (Å²) in [5.41, 5.74) is -1.11. The fourth-order valence-electron chi connectivity index (χ4n) is 7.98. The van der Waals surface area contributed by atoms with Gasteiger partial charge < -0.3 is 43.4 Å². The van der Waals surface area contributed by atoms with E-state index in [-0.39, 0.29) is 49.5 Å². The van der Waals surface area contributed by atoms with Crippen LogP contribution in [0.15, 0.2) is 35.9 Å². The minimum atomic E-state index is -1.87. The van der Waals surface area contributed by atoms with Gasteiger partial charge in [0.15, 0.2) is 5.72 Å². The van der Waals surface area contributed by atoms with E-state index in [0.29, 0.717) is 35.1 Å². The van der Waals surface area contributed by atoms with Gasteiger partial charge in [-0.2, -0.15) is 0 Å². The maximum Gasteiger partial charge on any atom is 0.409 e. The van der Waals surface area contributed by atoms with Gasteiger partial charge in [0.1, 0.15) is 40.7 Å². The number of alkyl carbamates (subject to hydrolysis) is 1. The minimum Gasteiger partial charge on any atom is -0.495 e. The largest absolute Gasteiger partial charge is 0.495 e. The predicted molar refractivity (Wildman–Crippen MR) is 246 cm³/mol. The first-order valence-electron chi connectivity index (χ1n) is 21.7. The van der Waals surface area contributed by atoms with E-state index >= 15 is 0 Å². The van der Waals surface area contributed by atoms with Crippen molar-refractivity contribution >= 4 is 80.5 Å². The molecule has 18 nitrogen and oxygen atoms in total. The molecule has 8 unspecified atom stereocenters.